The summed E-state index contributed by atoms with van der Waals surface area (Å²) in [6, 6.07) is 7.60. The number of alkyl halides is 2. The number of rotatable bonds is 4. The molecular formula is C18H16F3NO2S. The molecule has 0 radical (unpaired) electrons. The quantitative estimate of drug-likeness (QED) is 0.790. The van der Waals surface area contributed by atoms with Crippen molar-refractivity contribution in [3.63, 3.8) is 0 Å². The number of pyridine rings is 1. The molecule has 0 amide bonds. The highest BCUT2D eigenvalue weighted by molar-refractivity contribution is 7.90. The molecule has 1 aliphatic carbocycles. The van der Waals surface area contributed by atoms with E-state index in [1.165, 1.54) is 18.3 Å². The molecule has 0 atom stereocenters. The van der Waals surface area contributed by atoms with Crippen molar-refractivity contribution >= 4 is 21.0 Å². The predicted molar refractivity (Wildman–Crippen MR) is 89.4 cm³/mol. The highest BCUT2D eigenvalue weighted by Gasteiger charge is 2.21. The van der Waals surface area contributed by atoms with E-state index in [2.05, 4.69) is 4.98 Å². The second kappa shape index (κ2) is 6.63. The lowest BCUT2D eigenvalue weighted by Gasteiger charge is -2.10. The zero-order valence-corrected chi connectivity index (χ0v) is 14.3. The van der Waals surface area contributed by atoms with E-state index in [0.29, 0.717) is 12.0 Å². The minimum absolute atomic E-state index is 0.227. The summed E-state index contributed by atoms with van der Waals surface area (Å²) in [7, 11) is -3.27. The van der Waals surface area contributed by atoms with Gasteiger partial charge in [0.05, 0.1) is 4.90 Å². The first kappa shape index (κ1) is 17.7. The van der Waals surface area contributed by atoms with Gasteiger partial charge in [-0.15, -0.1) is 0 Å². The smallest absolute Gasteiger partial charge is 0.252 e. The Morgan fingerprint density at radius 3 is 2.16 bits per heavy atom. The molecule has 2 aromatic rings. The third-order valence-electron chi connectivity index (χ3n) is 4.27. The molecule has 3 rings (SSSR count). The molecule has 1 aromatic carbocycles. The SMILES string of the molecule is CS(=O)(=O)c1ccc(C2=C(c3cnc(C(F)F)c(F)c3)CCC2)cc1. The Labute approximate surface area is 144 Å². The maximum Gasteiger partial charge on any atom is 0.283 e. The maximum absolute atomic E-state index is 13.8. The fourth-order valence-corrected chi connectivity index (χ4v) is 3.69. The van der Waals surface area contributed by atoms with E-state index in [-0.39, 0.29) is 4.90 Å². The van der Waals surface area contributed by atoms with Gasteiger partial charge in [0, 0.05) is 12.5 Å². The second-order valence-electron chi connectivity index (χ2n) is 6.00. The van der Waals surface area contributed by atoms with Crippen molar-refractivity contribution in [2.24, 2.45) is 0 Å². The van der Waals surface area contributed by atoms with E-state index >= 15 is 0 Å². The van der Waals surface area contributed by atoms with Crippen molar-refractivity contribution in [3.8, 4) is 0 Å². The number of nitrogens with zero attached hydrogens (tertiary/aromatic N) is 1. The fraction of sp³-hybridized carbons (Fsp3) is 0.278. The average molecular weight is 367 g/mol. The number of halogens is 3. The molecule has 3 nitrogen and oxygen atoms in total. The third kappa shape index (κ3) is 3.61. The van der Waals surface area contributed by atoms with Gasteiger partial charge in [0.1, 0.15) is 5.69 Å². The first-order valence-corrected chi connectivity index (χ1v) is 9.63. The first-order valence-electron chi connectivity index (χ1n) is 7.74. The number of sulfone groups is 1. The van der Waals surface area contributed by atoms with Crippen LogP contribution in [0.25, 0.3) is 11.1 Å². The molecule has 0 N–H and O–H groups in total. The Bertz CT molecular complexity index is 935. The van der Waals surface area contributed by atoms with Crippen LogP contribution >= 0.6 is 0 Å². The first-order chi connectivity index (χ1) is 11.8. The van der Waals surface area contributed by atoms with E-state index in [1.807, 2.05) is 0 Å². The average Bonchev–Trinajstić information content (AvgIpc) is 3.03. The molecule has 0 aliphatic heterocycles. The molecule has 0 unspecified atom stereocenters. The summed E-state index contributed by atoms with van der Waals surface area (Å²) >= 11 is 0. The molecule has 1 aromatic heterocycles. The fourth-order valence-electron chi connectivity index (χ4n) is 3.06. The van der Waals surface area contributed by atoms with E-state index < -0.39 is 27.8 Å². The molecule has 1 heterocycles. The van der Waals surface area contributed by atoms with Crippen LogP contribution in [0.15, 0.2) is 41.4 Å². The van der Waals surface area contributed by atoms with Crippen molar-refractivity contribution in [3.05, 3.63) is 59.2 Å². The number of hydrogen-bond acceptors (Lipinski definition) is 3. The lowest BCUT2D eigenvalue weighted by Crippen LogP contribution is -1.98. The monoisotopic (exact) mass is 367 g/mol. The van der Waals surface area contributed by atoms with Crippen molar-refractivity contribution in [2.45, 2.75) is 30.6 Å². The van der Waals surface area contributed by atoms with Gasteiger partial charge in [0.25, 0.3) is 6.43 Å². The van der Waals surface area contributed by atoms with Gasteiger partial charge in [-0.3, -0.25) is 4.98 Å². The van der Waals surface area contributed by atoms with E-state index in [9.17, 15) is 21.6 Å². The standard InChI is InChI=1S/C18H16F3NO2S/c1-25(23,24)13-7-5-11(6-8-13)14-3-2-4-15(14)12-9-16(19)17(18(20)21)22-10-12/h5-10,18H,2-4H2,1H3. The largest absolute Gasteiger partial charge is 0.283 e. The van der Waals surface area contributed by atoms with Crippen LogP contribution in [0.1, 0.15) is 42.5 Å². The van der Waals surface area contributed by atoms with Crippen molar-refractivity contribution in [2.75, 3.05) is 6.26 Å². The minimum atomic E-state index is -3.27. The van der Waals surface area contributed by atoms with Gasteiger partial charge in [0.15, 0.2) is 15.7 Å². The molecule has 0 spiro atoms. The van der Waals surface area contributed by atoms with Crippen LogP contribution in [0.4, 0.5) is 13.2 Å². The topological polar surface area (TPSA) is 47.0 Å². The van der Waals surface area contributed by atoms with Gasteiger partial charge in [-0.05, 0) is 59.7 Å². The molecular weight excluding hydrogens is 351 g/mol. The summed E-state index contributed by atoms with van der Waals surface area (Å²) in [5, 5.41) is 0. The Kier molecular flexibility index (Phi) is 4.69. The van der Waals surface area contributed by atoms with Crippen LogP contribution < -0.4 is 0 Å². The zero-order valence-electron chi connectivity index (χ0n) is 13.5. The van der Waals surface area contributed by atoms with Gasteiger partial charge in [0.2, 0.25) is 0 Å². The Balaban J connectivity index is 2.02. The molecule has 0 saturated carbocycles. The van der Waals surface area contributed by atoms with E-state index in [1.54, 1.807) is 12.1 Å². The van der Waals surface area contributed by atoms with Crippen molar-refractivity contribution in [1.82, 2.24) is 4.98 Å². The van der Waals surface area contributed by atoms with Gasteiger partial charge >= 0.3 is 0 Å². The maximum atomic E-state index is 13.8. The van der Waals surface area contributed by atoms with Crippen molar-refractivity contribution < 1.29 is 21.6 Å². The van der Waals surface area contributed by atoms with Gasteiger partial charge in [-0.2, -0.15) is 0 Å². The second-order valence-corrected chi connectivity index (χ2v) is 8.01. The van der Waals surface area contributed by atoms with Crippen molar-refractivity contribution in [1.29, 1.82) is 0 Å². The van der Waals surface area contributed by atoms with Crippen LogP contribution in [0.2, 0.25) is 0 Å². The minimum Gasteiger partial charge on any atom is -0.252 e. The Hall–Kier alpha value is -2.15. The number of benzene rings is 1. The third-order valence-corrected chi connectivity index (χ3v) is 5.40. The van der Waals surface area contributed by atoms with Crippen LogP contribution in [0, 0.1) is 5.82 Å². The van der Waals surface area contributed by atoms with Crippen LogP contribution in [-0.4, -0.2) is 19.7 Å². The summed E-state index contributed by atoms with van der Waals surface area (Å²) in [4.78, 5) is 3.79. The van der Waals surface area contributed by atoms with Gasteiger partial charge < -0.3 is 0 Å². The van der Waals surface area contributed by atoms with E-state index in [4.69, 9.17) is 0 Å². The highest BCUT2D eigenvalue weighted by atomic mass is 32.2. The summed E-state index contributed by atoms with van der Waals surface area (Å²) in [6.45, 7) is 0. The van der Waals surface area contributed by atoms with E-state index in [0.717, 1.165) is 41.9 Å². The van der Waals surface area contributed by atoms with Crippen LogP contribution in [0.5, 0.6) is 0 Å². The Morgan fingerprint density at radius 2 is 1.64 bits per heavy atom. The summed E-state index contributed by atoms with van der Waals surface area (Å²) in [5.41, 5.74) is 2.31. The molecule has 1 aliphatic rings. The number of allylic oxidation sites excluding steroid dienone is 2. The molecule has 0 fully saturated rings. The van der Waals surface area contributed by atoms with Crippen LogP contribution in [-0.2, 0) is 9.84 Å². The van der Waals surface area contributed by atoms with Gasteiger partial charge in [-0.25, -0.2) is 21.6 Å². The van der Waals surface area contributed by atoms with Crippen LogP contribution in [0.3, 0.4) is 0 Å². The summed E-state index contributed by atoms with van der Waals surface area (Å²) < 4.78 is 62.2. The summed E-state index contributed by atoms with van der Waals surface area (Å²) in [6.07, 6.45) is 1.77. The zero-order chi connectivity index (χ0) is 18.2. The highest BCUT2D eigenvalue weighted by Crippen LogP contribution is 2.40. The Morgan fingerprint density at radius 1 is 1.04 bits per heavy atom. The lowest BCUT2D eigenvalue weighted by atomic mass is 9.98. The summed E-state index contributed by atoms with van der Waals surface area (Å²) in [5.74, 6) is -1.02. The molecule has 25 heavy (non-hydrogen) atoms. The predicted octanol–water partition coefficient (Wildman–Crippen LogP) is 4.66. The molecule has 0 bridgehead atoms. The normalized spacial score (nSPS) is 15.2. The number of hydrogen-bond donors (Lipinski definition) is 0. The molecule has 0 saturated heterocycles. The number of aromatic nitrogens is 1. The molecule has 7 heteroatoms. The lowest BCUT2D eigenvalue weighted by molar-refractivity contribution is 0.140. The van der Waals surface area contributed by atoms with Gasteiger partial charge in [-0.1, -0.05) is 12.1 Å². The molecule has 132 valence electrons.